The second-order valence-corrected chi connectivity index (χ2v) is 7.98. The molecule has 1 heterocycles. The Hall–Kier alpha value is -3.48. The Morgan fingerprint density at radius 3 is 2.03 bits per heavy atom. The first kappa shape index (κ1) is 30.5. The lowest BCUT2D eigenvalue weighted by Crippen LogP contribution is -2.44. The van der Waals surface area contributed by atoms with Gasteiger partial charge in [0.25, 0.3) is 11.8 Å². The van der Waals surface area contributed by atoms with Crippen LogP contribution >= 0.6 is 0 Å². The molecule has 0 saturated heterocycles. The van der Waals surface area contributed by atoms with Crippen LogP contribution in [-0.2, 0) is 24.0 Å². The summed E-state index contributed by atoms with van der Waals surface area (Å²) in [6.45, 7) is 4.17. The minimum Gasteiger partial charge on any atom is -0.480 e. The molecule has 1 aliphatic rings. The van der Waals surface area contributed by atoms with Crippen molar-refractivity contribution in [1.82, 2.24) is 15.5 Å². The number of nitrogens with one attached hydrogen (secondary N) is 2. The maximum absolute atomic E-state index is 11.7. The van der Waals surface area contributed by atoms with Crippen LogP contribution in [-0.4, -0.2) is 76.0 Å². The van der Waals surface area contributed by atoms with E-state index in [2.05, 4.69) is 10.6 Å². The molecule has 2 atom stereocenters. The van der Waals surface area contributed by atoms with E-state index >= 15 is 0 Å². The van der Waals surface area contributed by atoms with Crippen LogP contribution in [0.15, 0.2) is 12.2 Å². The lowest BCUT2D eigenvalue weighted by atomic mass is 10.0. The zero-order chi connectivity index (χ0) is 26.3. The van der Waals surface area contributed by atoms with Gasteiger partial charge in [-0.05, 0) is 31.6 Å². The number of unbranched alkanes of at least 4 members (excludes halogenated alkanes) is 2. The molecule has 0 fully saturated rings. The summed E-state index contributed by atoms with van der Waals surface area (Å²) in [6.07, 6.45) is 5.45. The highest BCUT2D eigenvalue weighted by molar-refractivity contribution is 6.12. The molecule has 0 spiro atoms. The molecule has 0 aromatic heterocycles. The molecule has 0 aromatic carbocycles. The van der Waals surface area contributed by atoms with Crippen molar-refractivity contribution in [3.05, 3.63) is 12.2 Å². The number of carbonyl (C=O) groups is 6. The van der Waals surface area contributed by atoms with E-state index in [0.29, 0.717) is 45.2 Å². The number of hydrogen-bond donors (Lipinski definition) is 6. The normalized spacial score (nSPS) is 14.3. The van der Waals surface area contributed by atoms with E-state index < -0.39 is 30.1 Å². The van der Waals surface area contributed by atoms with E-state index in [-0.39, 0.29) is 30.1 Å². The van der Waals surface area contributed by atoms with Gasteiger partial charge < -0.3 is 32.3 Å². The molecule has 13 nitrogen and oxygen atoms in total. The lowest BCUT2D eigenvalue weighted by molar-refractivity contribution is -0.143. The van der Waals surface area contributed by atoms with Crippen LogP contribution in [0, 0.1) is 5.92 Å². The van der Waals surface area contributed by atoms with Crippen molar-refractivity contribution in [2.24, 2.45) is 17.4 Å². The number of urea groups is 1. The maximum atomic E-state index is 11.7. The number of rotatable bonds is 14. The molecule has 2 unspecified atom stereocenters. The number of amides is 5. The number of imide groups is 1. The van der Waals surface area contributed by atoms with Gasteiger partial charge in [-0.3, -0.25) is 24.1 Å². The lowest BCUT2D eigenvalue weighted by Gasteiger charge is -2.18. The van der Waals surface area contributed by atoms with E-state index in [1.54, 1.807) is 13.8 Å². The molecule has 1 aliphatic heterocycles. The fourth-order valence-electron chi connectivity index (χ4n) is 2.80. The SMILES string of the molecule is CC(C)C(NC(=O)CCCCCN1C(=O)C=CC1=O)C(=O)O.NC(=O)NCCCC(N)C(=O)O. The zero-order valence-electron chi connectivity index (χ0n) is 19.5. The number of aliphatic carboxylic acids is 2. The summed E-state index contributed by atoms with van der Waals surface area (Å²) in [5.41, 5.74) is 9.96. The van der Waals surface area contributed by atoms with E-state index in [4.69, 9.17) is 21.7 Å². The number of nitrogens with two attached hydrogens (primary N) is 2. The second kappa shape index (κ2) is 16.2. The van der Waals surface area contributed by atoms with Crippen LogP contribution in [0.4, 0.5) is 4.79 Å². The Morgan fingerprint density at radius 1 is 0.971 bits per heavy atom. The van der Waals surface area contributed by atoms with Crippen LogP contribution in [0.25, 0.3) is 0 Å². The molecular formula is C21H35N5O8. The van der Waals surface area contributed by atoms with Crippen molar-refractivity contribution < 1.29 is 39.0 Å². The molecule has 0 radical (unpaired) electrons. The first-order valence-electron chi connectivity index (χ1n) is 10.9. The predicted octanol–water partition coefficient (Wildman–Crippen LogP) is -0.456. The molecule has 0 saturated carbocycles. The minimum atomic E-state index is -1.04. The fourth-order valence-corrected chi connectivity index (χ4v) is 2.80. The second-order valence-electron chi connectivity index (χ2n) is 7.98. The Balaban J connectivity index is 0.000000770. The standard InChI is InChI=1S/C15H22N2O5.C6H13N3O3/c1-10(2)14(15(21)22)16-11(18)6-4-3-5-9-17-12(19)7-8-13(17)20;7-4(5(10)11)2-1-3-9-6(8)12/h7-8,10,14H,3-6,9H2,1-2H3,(H,16,18)(H,21,22);4H,1-3,7H2,(H,10,11)(H3,8,9,12). The van der Waals surface area contributed by atoms with E-state index in [1.807, 2.05) is 0 Å². The van der Waals surface area contributed by atoms with Gasteiger partial charge in [0.15, 0.2) is 0 Å². The van der Waals surface area contributed by atoms with Crippen LogP contribution < -0.4 is 22.1 Å². The minimum absolute atomic E-state index is 0.179. The summed E-state index contributed by atoms with van der Waals surface area (Å²) in [5, 5.41) is 22.2. The summed E-state index contributed by atoms with van der Waals surface area (Å²) in [6, 6.07) is -2.35. The van der Waals surface area contributed by atoms with Gasteiger partial charge in [-0.15, -0.1) is 0 Å². The Morgan fingerprint density at radius 2 is 1.56 bits per heavy atom. The van der Waals surface area contributed by atoms with E-state index in [1.165, 1.54) is 17.1 Å². The van der Waals surface area contributed by atoms with Crippen molar-refractivity contribution >= 4 is 35.7 Å². The molecule has 192 valence electrons. The van der Waals surface area contributed by atoms with Crippen LogP contribution in [0.5, 0.6) is 0 Å². The third-order valence-corrected chi connectivity index (χ3v) is 4.74. The monoisotopic (exact) mass is 485 g/mol. The van der Waals surface area contributed by atoms with Crippen molar-refractivity contribution in [3.8, 4) is 0 Å². The first-order chi connectivity index (χ1) is 15.9. The van der Waals surface area contributed by atoms with Gasteiger partial charge in [0.1, 0.15) is 12.1 Å². The van der Waals surface area contributed by atoms with Gasteiger partial charge in [0, 0.05) is 31.7 Å². The number of carbonyl (C=O) groups excluding carboxylic acids is 4. The van der Waals surface area contributed by atoms with E-state index in [9.17, 15) is 28.8 Å². The summed E-state index contributed by atoms with van der Waals surface area (Å²) in [7, 11) is 0. The van der Waals surface area contributed by atoms with Crippen LogP contribution in [0.1, 0.15) is 52.4 Å². The highest BCUT2D eigenvalue weighted by atomic mass is 16.4. The summed E-state index contributed by atoms with van der Waals surface area (Å²) in [5.74, 6) is -3.15. The average Bonchev–Trinajstić information content (AvgIpc) is 3.06. The van der Waals surface area contributed by atoms with Crippen LogP contribution in [0.2, 0.25) is 0 Å². The molecule has 34 heavy (non-hydrogen) atoms. The van der Waals surface area contributed by atoms with Gasteiger partial charge in [0.2, 0.25) is 5.91 Å². The van der Waals surface area contributed by atoms with Crippen molar-refractivity contribution in [2.45, 2.75) is 64.5 Å². The third kappa shape index (κ3) is 13.2. The fraction of sp³-hybridized carbons (Fsp3) is 0.619. The van der Waals surface area contributed by atoms with E-state index in [0.717, 1.165) is 0 Å². The van der Waals surface area contributed by atoms with Crippen LogP contribution in [0.3, 0.4) is 0 Å². The molecule has 8 N–H and O–H groups in total. The number of carboxylic acid groups (broad SMARTS) is 2. The number of hydrogen-bond acceptors (Lipinski definition) is 7. The molecule has 0 bridgehead atoms. The van der Waals surface area contributed by atoms with Crippen molar-refractivity contribution in [3.63, 3.8) is 0 Å². The Bertz CT molecular complexity index is 750. The predicted molar refractivity (Wildman–Crippen MR) is 121 cm³/mol. The summed E-state index contributed by atoms with van der Waals surface area (Å²) in [4.78, 5) is 66.8. The van der Waals surface area contributed by atoms with Gasteiger partial charge in [0.05, 0.1) is 0 Å². The maximum Gasteiger partial charge on any atom is 0.326 e. The number of nitrogens with zero attached hydrogens (tertiary/aromatic N) is 1. The zero-order valence-corrected chi connectivity index (χ0v) is 19.5. The largest absolute Gasteiger partial charge is 0.480 e. The van der Waals surface area contributed by atoms with Gasteiger partial charge >= 0.3 is 18.0 Å². The molecule has 1 rings (SSSR count). The topological polar surface area (TPSA) is 222 Å². The highest BCUT2D eigenvalue weighted by Gasteiger charge is 2.24. The summed E-state index contributed by atoms with van der Waals surface area (Å²) < 4.78 is 0. The Kier molecular flexibility index (Phi) is 14.5. The number of carboxylic acids is 2. The highest BCUT2D eigenvalue weighted by Crippen LogP contribution is 2.08. The molecular weight excluding hydrogens is 450 g/mol. The van der Waals surface area contributed by atoms with Crippen molar-refractivity contribution in [2.75, 3.05) is 13.1 Å². The summed E-state index contributed by atoms with van der Waals surface area (Å²) >= 11 is 0. The smallest absolute Gasteiger partial charge is 0.326 e. The average molecular weight is 486 g/mol. The first-order valence-corrected chi connectivity index (χ1v) is 10.9. The quantitative estimate of drug-likeness (QED) is 0.138. The van der Waals surface area contributed by atoms with Gasteiger partial charge in [-0.1, -0.05) is 20.3 Å². The third-order valence-electron chi connectivity index (χ3n) is 4.74. The van der Waals surface area contributed by atoms with Gasteiger partial charge in [-0.25, -0.2) is 9.59 Å². The Labute approximate surface area is 197 Å². The molecule has 5 amide bonds. The molecule has 0 aromatic rings. The molecule has 0 aliphatic carbocycles. The number of primary amides is 1. The molecule has 13 heteroatoms. The van der Waals surface area contributed by atoms with Gasteiger partial charge in [-0.2, -0.15) is 0 Å². The van der Waals surface area contributed by atoms with Crippen molar-refractivity contribution in [1.29, 1.82) is 0 Å².